The number of rotatable bonds is 10. The lowest BCUT2D eigenvalue weighted by atomic mass is 10.4. The van der Waals surface area contributed by atoms with Crippen LogP contribution in [0.3, 0.4) is 0 Å². The molecule has 0 aromatic heterocycles. The Balaban J connectivity index is 5.00. The Hall–Kier alpha value is -1.35. The molecule has 0 rings (SSSR count). The average molecular weight is 307 g/mol. The minimum absolute atomic E-state index is 0.307. The molecule has 0 atom stereocenters. The van der Waals surface area contributed by atoms with Crippen molar-refractivity contribution in [2.45, 2.75) is 51.9 Å². The molecule has 0 aliphatic heterocycles. The first-order valence-corrected chi connectivity index (χ1v) is 10.2. The normalized spacial score (nSPS) is 10.9. The third-order valence-electron chi connectivity index (χ3n) is 3.24. The molecule has 0 bridgehead atoms. The molecule has 0 aromatic rings. The molecule has 21 heavy (non-hydrogen) atoms. The van der Waals surface area contributed by atoms with E-state index in [9.17, 15) is 4.79 Å². The third kappa shape index (κ3) is 8.51. The second-order valence-corrected chi connectivity index (χ2v) is 11.1. The van der Waals surface area contributed by atoms with Crippen LogP contribution < -0.4 is 0 Å². The van der Waals surface area contributed by atoms with Gasteiger partial charge in [0.25, 0.3) is 0 Å². The highest BCUT2D eigenvalue weighted by molar-refractivity contribution is 6.81. The molecular weight excluding hydrogens is 276 g/mol. The van der Waals surface area contributed by atoms with Crippen molar-refractivity contribution in [1.82, 2.24) is 0 Å². The zero-order valence-electron chi connectivity index (χ0n) is 14.2. The van der Waals surface area contributed by atoms with E-state index >= 15 is 0 Å². The number of ether oxygens (including phenoxy) is 1. The number of carbonyl (C=O) groups excluding carboxylic acids is 1. The lowest BCUT2D eigenvalue weighted by molar-refractivity contribution is -0.138. The van der Waals surface area contributed by atoms with Gasteiger partial charge in [0.05, 0.1) is 14.7 Å². The van der Waals surface area contributed by atoms with Crippen LogP contribution in [0.4, 0.5) is 0 Å². The zero-order chi connectivity index (χ0) is 16.6. The van der Waals surface area contributed by atoms with Crippen molar-refractivity contribution in [1.29, 1.82) is 0 Å². The van der Waals surface area contributed by atoms with Crippen LogP contribution in [0, 0.1) is 0 Å². The maximum absolute atomic E-state index is 11.5. The van der Waals surface area contributed by atoms with Gasteiger partial charge in [-0.3, -0.25) is 0 Å². The molecule has 0 spiro atoms. The number of esters is 1. The molecule has 0 unspecified atom stereocenters. The van der Waals surface area contributed by atoms with Gasteiger partial charge in [0, 0.05) is 5.57 Å². The molecule has 0 aliphatic rings. The fraction of sp³-hybridized carbons (Fsp3) is 0.500. The summed E-state index contributed by atoms with van der Waals surface area (Å²) in [5.41, 5.74) is 4.02. The number of allylic oxidation sites excluding steroid dienone is 3. The minimum Gasteiger partial charge on any atom is -0.463 e. The Morgan fingerprint density at radius 2 is 1.24 bits per heavy atom. The number of hydrogen-bond donors (Lipinski definition) is 0. The van der Waals surface area contributed by atoms with Gasteiger partial charge in [-0.25, -0.2) is 4.79 Å². The van der Waals surface area contributed by atoms with E-state index in [-0.39, 0.29) is 5.97 Å². The molecule has 118 valence electrons. The van der Waals surface area contributed by atoms with Crippen LogP contribution in [0.15, 0.2) is 48.6 Å². The van der Waals surface area contributed by atoms with Gasteiger partial charge in [-0.2, -0.15) is 0 Å². The van der Waals surface area contributed by atoms with Crippen LogP contribution in [0.25, 0.3) is 0 Å². The predicted molar refractivity (Wildman–Crippen MR) is 95.2 cm³/mol. The molecule has 0 aliphatic carbocycles. The van der Waals surface area contributed by atoms with Crippen molar-refractivity contribution in [3.63, 3.8) is 0 Å². The van der Waals surface area contributed by atoms with E-state index in [0.717, 1.165) is 24.2 Å². The van der Waals surface area contributed by atoms with Crippen LogP contribution in [-0.2, 0) is 9.53 Å². The second-order valence-electron chi connectivity index (χ2n) is 6.57. The Morgan fingerprint density at radius 1 is 0.857 bits per heavy atom. The third-order valence-corrected chi connectivity index (χ3v) is 8.57. The molecule has 0 fully saturated rings. The van der Waals surface area contributed by atoms with Crippen molar-refractivity contribution < 1.29 is 9.53 Å². The fourth-order valence-electron chi connectivity index (χ4n) is 2.86. The van der Waals surface area contributed by atoms with E-state index in [1.807, 2.05) is 0 Å². The SMILES string of the molecule is C=C(C)C[Si](CCOC(=O)C(=C)C)(CC(=C)C)CC(=C)C. The van der Waals surface area contributed by atoms with Crippen molar-refractivity contribution in [2.75, 3.05) is 6.61 Å². The summed E-state index contributed by atoms with van der Waals surface area (Å²) in [4.78, 5) is 11.5. The van der Waals surface area contributed by atoms with Gasteiger partial charge in [0.1, 0.15) is 0 Å². The summed E-state index contributed by atoms with van der Waals surface area (Å²) in [7, 11) is -1.69. The van der Waals surface area contributed by atoms with Gasteiger partial charge >= 0.3 is 5.97 Å². The highest BCUT2D eigenvalue weighted by atomic mass is 28.3. The van der Waals surface area contributed by atoms with Gasteiger partial charge in [-0.1, -0.05) is 23.3 Å². The van der Waals surface area contributed by atoms with E-state index in [2.05, 4.69) is 47.1 Å². The van der Waals surface area contributed by atoms with Crippen LogP contribution in [0.1, 0.15) is 27.7 Å². The summed E-state index contributed by atoms with van der Waals surface area (Å²) in [5, 5.41) is 0. The lowest BCUT2D eigenvalue weighted by Gasteiger charge is -2.33. The summed E-state index contributed by atoms with van der Waals surface area (Å²) in [6, 6.07) is 3.99. The van der Waals surface area contributed by atoms with Crippen molar-refractivity contribution >= 4 is 14.0 Å². The van der Waals surface area contributed by atoms with E-state index in [4.69, 9.17) is 4.74 Å². The Kier molecular flexibility index (Phi) is 8.26. The van der Waals surface area contributed by atoms with Gasteiger partial charge in [0.15, 0.2) is 0 Å². The Labute approximate surface area is 131 Å². The zero-order valence-corrected chi connectivity index (χ0v) is 15.2. The maximum atomic E-state index is 11.5. The van der Waals surface area contributed by atoms with Crippen LogP contribution in [-0.4, -0.2) is 20.7 Å². The van der Waals surface area contributed by atoms with Crippen molar-refractivity contribution in [2.24, 2.45) is 0 Å². The molecule has 3 heteroatoms. The molecule has 0 heterocycles. The topological polar surface area (TPSA) is 26.3 Å². The van der Waals surface area contributed by atoms with Gasteiger partial charge in [-0.15, -0.1) is 19.7 Å². The summed E-state index contributed by atoms with van der Waals surface area (Å²) < 4.78 is 5.31. The molecule has 0 N–H and O–H groups in total. The Morgan fingerprint density at radius 3 is 1.52 bits per heavy atom. The fourth-order valence-corrected chi connectivity index (χ4v) is 8.14. The van der Waals surface area contributed by atoms with Crippen LogP contribution >= 0.6 is 0 Å². The van der Waals surface area contributed by atoms with Gasteiger partial charge in [-0.05, 0) is 51.9 Å². The monoisotopic (exact) mass is 306 g/mol. The summed E-state index contributed by atoms with van der Waals surface area (Å²) in [6.07, 6.45) is 0. The summed E-state index contributed by atoms with van der Waals surface area (Å²) in [6.45, 7) is 24.2. The van der Waals surface area contributed by atoms with Gasteiger partial charge in [0.2, 0.25) is 0 Å². The molecular formula is C18H30O2Si. The number of hydrogen-bond acceptors (Lipinski definition) is 2. The molecule has 2 nitrogen and oxygen atoms in total. The van der Waals surface area contributed by atoms with Crippen LogP contribution in [0.5, 0.6) is 0 Å². The number of carbonyl (C=O) groups is 1. The molecule has 0 radical (unpaired) electrons. The first-order chi connectivity index (χ1) is 9.58. The van der Waals surface area contributed by atoms with E-state index in [1.54, 1.807) is 6.92 Å². The van der Waals surface area contributed by atoms with Crippen molar-refractivity contribution in [3.05, 3.63) is 48.6 Å². The first kappa shape index (κ1) is 19.6. The minimum atomic E-state index is -1.69. The van der Waals surface area contributed by atoms with Crippen LogP contribution in [0.2, 0.25) is 24.2 Å². The molecule has 0 aromatic carbocycles. The molecule has 0 amide bonds. The summed E-state index contributed by atoms with van der Waals surface area (Å²) >= 11 is 0. The van der Waals surface area contributed by atoms with Gasteiger partial charge < -0.3 is 4.74 Å². The van der Waals surface area contributed by atoms with E-state index < -0.39 is 8.07 Å². The van der Waals surface area contributed by atoms with E-state index in [1.165, 1.54) is 16.7 Å². The predicted octanol–water partition coefficient (Wildman–Crippen LogP) is 5.28. The largest absolute Gasteiger partial charge is 0.463 e. The van der Waals surface area contributed by atoms with E-state index in [0.29, 0.717) is 12.2 Å². The standard InChI is InChI=1S/C18H30O2Si/c1-14(2)11-21(12-15(3)4,13-16(5)6)10-9-20-18(19)17(7)8/h1,3,5,7,9-13H2,2,4,6,8H3. The first-order valence-electron chi connectivity index (χ1n) is 7.34. The lowest BCUT2D eigenvalue weighted by Crippen LogP contribution is -2.36. The Bertz CT molecular complexity index is 405. The highest BCUT2D eigenvalue weighted by Gasteiger charge is 2.33. The van der Waals surface area contributed by atoms with Crippen molar-refractivity contribution in [3.8, 4) is 0 Å². The summed E-state index contributed by atoms with van der Waals surface area (Å²) in [5.74, 6) is -0.307. The second kappa shape index (κ2) is 8.83. The molecule has 0 saturated carbocycles. The smallest absolute Gasteiger partial charge is 0.333 e. The average Bonchev–Trinajstić information content (AvgIpc) is 2.24. The maximum Gasteiger partial charge on any atom is 0.333 e. The highest BCUT2D eigenvalue weighted by Crippen LogP contribution is 2.34. The quantitative estimate of drug-likeness (QED) is 0.237. The molecule has 0 saturated heterocycles.